The molecule has 4 aliphatic rings. The number of hydrogen-bond donors (Lipinski definition) is 1. The lowest BCUT2D eigenvalue weighted by Crippen LogP contribution is -2.60. The van der Waals surface area contributed by atoms with E-state index in [0.717, 1.165) is 6.42 Å². The summed E-state index contributed by atoms with van der Waals surface area (Å²) in [5.74, 6) is -2.83. The molecule has 0 aromatic rings. The van der Waals surface area contributed by atoms with Gasteiger partial charge in [-0.05, 0) is 47.0 Å². The molecule has 2 amide bonds. The first kappa shape index (κ1) is 24.0. The molecule has 4 rings (SSSR count). The number of fused-ring (bicyclic) bond motifs is 2. The van der Waals surface area contributed by atoms with Gasteiger partial charge in [0.1, 0.15) is 23.2 Å². The molecule has 0 radical (unpaired) electrons. The van der Waals surface area contributed by atoms with Gasteiger partial charge in [0.05, 0.1) is 25.2 Å². The topological polar surface area (TPSA) is 96.4 Å². The van der Waals surface area contributed by atoms with Gasteiger partial charge in [0.2, 0.25) is 11.8 Å². The standard InChI is InChI=1S/C25H36N2O6/c1-6-24-11-8-7-9-14-32-22(31)18(24)17-20(29)27(16(2)15-28)19-21(30)26(23(3,4)5)13-10-12-25(17,19)33-24/h8,10-12,16-19,28H,6-7,9,13-15H2,1-5H3/b11-8-/t16-,17+,18+,19?,24-,25+/m1/s1. The molecule has 1 spiro atoms. The van der Waals surface area contributed by atoms with Crippen molar-refractivity contribution in [1.29, 1.82) is 0 Å². The third-order valence-electron chi connectivity index (χ3n) is 7.62. The van der Waals surface area contributed by atoms with Gasteiger partial charge < -0.3 is 24.4 Å². The van der Waals surface area contributed by atoms with Crippen molar-refractivity contribution in [2.45, 2.75) is 82.7 Å². The Hall–Kier alpha value is -2.19. The van der Waals surface area contributed by atoms with Crippen LogP contribution in [-0.2, 0) is 23.9 Å². The van der Waals surface area contributed by atoms with Crippen LogP contribution < -0.4 is 0 Å². The summed E-state index contributed by atoms with van der Waals surface area (Å²) >= 11 is 0. The maximum Gasteiger partial charge on any atom is 0.313 e. The molecular formula is C25H36N2O6. The first-order valence-electron chi connectivity index (χ1n) is 12.0. The molecule has 4 aliphatic heterocycles. The molecule has 0 aliphatic carbocycles. The molecule has 8 nitrogen and oxygen atoms in total. The van der Waals surface area contributed by atoms with Gasteiger partial charge in [-0.15, -0.1) is 0 Å². The second-order valence-electron chi connectivity index (χ2n) is 10.6. The summed E-state index contributed by atoms with van der Waals surface area (Å²) in [6.07, 6.45) is 9.50. The first-order chi connectivity index (χ1) is 15.5. The molecule has 0 aromatic heterocycles. The first-order valence-corrected chi connectivity index (χ1v) is 12.0. The quantitative estimate of drug-likeness (QED) is 0.510. The van der Waals surface area contributed by atoms with E-state index in [1.165, 1.54) is 4.90 Å². The van der Waals surface area contributed by atoms with E-state index in [0.29, 0.717) is 19.4 Å². The van der Waals surface area contributed by atoms with Gasteiger partial charge in [-0.2, -0.15) is 0 Å². The minimum absolute atomic E-state index is 0.237. The number of rotatable bonds is 3. The lowest BCUT2D eigenvalue weighted by Gasteiger charge is -2.42. The Morgan fingerprint density at radius 1 is 1.15 bits per heavy atom. The van der Waals surface area contributed by atoms with Crippen LogP contribution in [0.5, 0.6) is 0 Å². The summed E-state index contributed by atoms with van der Waals surface area (Å²) in [4.78, 5) is 44.6. The van der Waals surface area contributed by atoms with Gasteiger partial charge in [0.25, 0.3) is 0 Å². The number of esters is 1. The molecule has 0 bridgehead atoms. The number of nitrogens with zero attached hydrogens (tertiary/aromatic N) is 2. The summed E-state index contributed by atoms with van der Waals surface area (Å²) in [5.41, 5.74) is -2.85. The highest BCUT2D eigenvalue weighted by Crippen LogP contribution is 2.58. The molecule has 1 unspecified atom stereocenters. The predicted octanol–water partition coefficient (Wildman–Crippen LogP) is 1.82. The molecular weight excluding hydrogens is 424 g/mol. The Labute approximate surface area is 195 Å². The Balaban J connectivity index is 1.94. The van der Waals surface area contributed by atoms with Crippen LogP contribution in [0.1, 0.15) is 53.9 Å². The number of hydrogen-bond acceptors (Lipinski definition) is 6. The van der Waals surface area contributed by atoms with E-state index >= 15 is 0 Å². The van der Waals surface area contributed by atoms with E-state index in [2.05, 4.69) is 0 Å². The smallest absolute Gasteiger partial charge is 0.313 e. The molecule has 8 heteroatoms. The number of carbonyl (C=O) groups excluding carboxylic acids is 3. The highest BCUT2D eigenvalue weighted by atomic mass is 16.6. The van der Waals surface area contributed by atoms with Crippen LogP contribution in [0.25, 0.3) is 0 Å². The monoisotopic (exact) mass is 460 g/mol. The van der Waals surface area contributed by atoms with Gasteiger partial charge in [-0.1, -0.05) is 31.2 Å². The van der Waals surface area contributed by atoms with Crippen molar-refractivity contribution in [1.82, 2.24) is 9.80 Å². The fourth-order valence-corrected chi connectivity index (χ4v) is 5.98. The van der Waals surface area contributed by atoms with Gasteiger partial charge in [-0.3, -0.25) is 14.4 Å². The zero-order chi connectivity index (χ0) is 24.2. The lowest BCUT2D eigenvalue weighted by molar-refractivity contribution is -0.163. The summed E-state index contributed by atoms with van der Waals surface area (Å²) in [6, 6.07) is -1.58. The number of allylic oxidation sites excluding steroid dienone is 1. The number of amides is 2. The third kappa shape index (κ3) is 3.44. The number of aliphatic hydroxyl groups excluding tert-OH is 1. The van der Waals surface area contributed by atoms with Crippen molar-refractivity contribution >= 4 is 17.8 Å². The average Bonchev–Trinajstić information content (AvgIpc) is 3.14. The van der Waals surface area contributed by atoms with Gasteiger partial charge in [0, 0.05) is 12.1 Å². The summed E-state index contributed by atoms with van der Waals surface area (Å²) in [5, 5.41) is 9.97. The van der Waals surface area contributed by atoms with Crippen molar-refractivity contribution in [2.24, 2.45) is 11.8 Å². The van der Waals surface area contributed by atoms with Crippen molar-refractivity contribution in [3.05, 3.63) is 24.3 Å². The molecule has 2 fully saturated rings. The second-order valence-corrected chi connectivity index (χ2v) is 10.6. The van der Waals surface area contributed by atoms with Crippen LogP contribution in [0.2, 0.25) is 0 Å². The molecule has 2 saturated heterocycles. The SMILES string of the molecule is CC[C@@]12/C=C\CCCOC(=O)[C@@H]1[C@H]1C(=O)N([C@H](C)CO)C3C(=O)N(C(C)(C)C)CC=C[C@@]31O2. The Kier molecular flexibility index (Phi) is 5.98. The van der Waals surface area contributed by atoms with E-state index in [1.54, 1.807) is 11.8 Å². The van der Waals surface area contributed by atoms with Crippen LogP contribution in [0.4, 0.5) is 0 Å². The fraction of sp³-hybridized carbons (Fsp3) is 0.720. The summed E-state index contributed by atoms with van der Waals surface area (Å²) in [7, 11) is 0. The fourth-order valence-electron chi connectivity index (χ4n) is 5.98. The maximum absolute atomic E-state index is 14.1. The van der Waals surface area contributed by atoms with E-state index in [9.17, 15) is 19.5 Å². The van der Waals surface area contributed by atoms with E-state index in [-0.39, 0.29) is 25.0 Å². The summed E-state index contributed by atoms with van der Waals surface area (Å²) < 4.78 is 12.4. The second kappa shape index (κ2) is 8.24. The molecule has 1 N–H and O–H groups in total. The van der Waals surface area contributed by atoms with Crippen molar-refractivity contribution in [3.8, 4) is 0 Å². The van der Waals surface area contributed by atoms with Crippen molar-refractivity contribution in [2.75, 3.05) is 19.8 Å². The normalized spacial score (nSPS) is 38.5. The van der Waals surface area contributed by atoms with Gasteiger partial charge >= 0.3 is 5.97 Å². The lowest BCUT2D eigenvalue weighted by atomic mass is 9.73. The largest absolute Gasteiger partial charge is 0.465 e. The zero-order valence-electron chi connectivity index (χ0n) is 20.2. The number of likely N-dealkylation sites (tertiary alicyclic amines) is 1. The molecule has 0 saturated carbocycles. The molecule has 182 valence electrons. The van der Waals surface area contributed by atoms with E-state index < -0.39 is 46.6 Å². The highest BCUT2D eigenvalue weighted by Gasteiger charge is 2.75. The van der Waals surface area contributed by atoms with E-state index in [1.807, 2.05) is 52.0 Å². The molecule has 6 atom stereocenters. The predicted molar refractivity (Wildman–Crippen MR) is 121 cm³/mol. The number of aliphatic hydroxyl groups is 1. The minimum atomic E-state index is -1.32. The molecule has 4 heterocycles. The van der Waals surface area contributed by atoms with Crippen LogP contribution in [0, 0.1) is 11.8 Å². The number of carbonyl (C=O) groups is 3. The Bertz CT molecular complexity index is 892. The Morgan fingerprint density at radius 2 is 1.88 bits per heavy atom. The average molecular weight is 461 g/mol. The molecule has 33 heavy (non-hydrogen) atoms. The molecule has 0 aromatic carbocycles. The van der Waals surface area contributed by atoms with Crippen LogP contribution >= 0.6 is 0 Å². The van der Waals surface area contributed by atoms with Crippen LogP contribution in [-0.4, -0.2) is 81.3 Å². The van der Waals surface area contributed by atoms with Crippen molar-refractivity contribution in [3.63, 3.8) is 0 Å². The Morgan fingerprint density at radius 3 is 2.52 bits per heavy atom. The maximum atomic E-state index is 14.1. The van der Waals surface area contributed by atoms with Crippen LogP contribution in [0.15, 0.2) is 24.3 Å². The number of cyclic esters (lactones) is 1. The minimum Gasteiger partial charge on any atom is -0.465 e. The highest BCUT2D eigenvalue weighted by molar-refractivity contribution is 5.99. The summed E-state index contributed by atoms with van der Waals surface area (Å²) in [6.45, 7) is 9.84. The van der Waals surface area contributed by atoms with E-state index in [4.69, 9.17) is 9.47 Å². The van der Waals surface area contributed by atoms with Crippen LogP contribution in [0.3, 0.4) is 0 Å². The van der Waals surface area contributed by atoms with Crippen molar-refractivity contribution < 1.29 is 29.0 Å². The van der Waals surface area contributed by atoms with Gasteiger partial charge in [-0.25, -0.2) is 0 Å². The van der Waals surface area contributed by atoms with Gasteiger partial charge in [0.15, 0.2) is 0 Å². The number of ether oxygens (including phenoxy) is 2. The third-order valence-corrected chi connectivity index (χ3v) is 7.62. The zero-order valence-corrected chi connectivity index (χ0v) is 20.2.